The molecule has 1 saturated heterocycles. The lowest BCUT2D eigenvalue weighted by Crippen LogP contribution is -2.50. The third kappa shape index (κ3) is 6.48. The Labute approximate surface area is 204 Å². The molecule has 0 amide bonds. The molecule has 12 heteroatoms. The number of ether oxygens (including phenoxy) is 3. The van der Waals surface area contributed by atoms with Crippen molar-refractivity contribution in [1.29, 1.82) is 5.26 Å². The number of hydrogen-bond acceptors (Lipinski definition) is 11. The first kappa shape index (κ1) is 25.0. The zero-order chi connectivity index (χ0) is 23.3. The van der Waals surface area contributed by atoms with Crippen LogP contribution in [0.3, 0.4) is 0 Å². The number of nitrogens with one attached hydrogen (secondary N) is 1. The number of nitriles is 1. The van der Waals surface area contributed by atoms with Gasteiger partial charge in [0.1, 0.15) is 34.4 Å². The molecule has 0 saturated carbocycles. The first-order chi connectivity index (χ1) is 15.3. The van der Waals surface area contributed by atoms with Crippen LogP contribution in [0.1, 0.15) is 17.6 Å². The number of aryl methyl sites for hydroxylation is 1. The molecule has 174 valence electrons. The molecule has 0 bridgehead atoms. The van der Waals surface area contributed by atoms with Gasteiger partial charge in [-0.3, -0.25) is 0 Å². The SMILES string of the molecule is CO[C@@H](CN(N)/C=C(\N)c1nc(C)cs1)C(OC1COC1C)SC1=C(C#N)NCC(Br)=C1. The van der Waals surface area contributed by atoms with Gasteiger partial charge in [-0.05, 0) is 19.9 Å². The van der Waals surface area contributed by atoms with Crippen LogP contribution >= 0.6 is 39.0 Å². The second kappa shape index (κ2) is 11.5. The van der Waals surface area contributed by atoms with Crippen molar-refractivity contribution in [2.75, 3.05) is 26.8 Å². The predicted molar refractivity (Wildman–Crippen MR) is 130 cm³/mol. The molecule has 0 spiro atoms. The fourth-order valence-corrected chi connectivity index (χ4v) is 5.46. The van der Waals surface area contributed by atoms with Crippen molar-refractivity contribution in [2.24, 2.45) is 11.6 Å². The summed E-state index contributed by atoms with van der Waals surface area (Å²) in [5.74, 6) is 6.23. The van der Waals surface area contributed by atoms with Crippen LogP contribution in [0.25, 0.3) is 5.70 Å². The number of nitrogens with two attached hydrogens (primary N) is 2. The van der Waals surface area contributed by atoms with Crippen molar-refractivity contribution in [3.8, 4) is 6.07 Å². The maximum atomic E-state index is 9.52. The zero-order valence-electron chi connectivity index (χ0n) is 18.1. The van der Waals surface area contributed by atoms with Gasteiger partial charge in [-0.2, -0.15) is 5.26 Å². The number of allylic oxidation sites excluding steroid dienone is 2. The molecule has 0 radical (unpaired) electrons. The summed E-state index contributed by atoms with van der Waals surface area (Å²) in [6.07, 6.45) is 3.07. The van der Waals surface area contributed by atoms with E-state index in [1.807, 2.05) is 25.3 Å². The van der Waals surface area contributed by atoms with E-state index < -0.39 is 11.5 Å². The van der Waals surface area contributed by atoms with Crippen LogP contribution in [0, 0.1) is 18.3 Å². The number of thioether (sulfide) groups is 1. The molecule has 3 rings (SSSR count). The molecule has 5 N–H and O–H groups in total. The molecule has 1 aromatic heterocycles. The van der Waals surface area contributed by atoms with E-state index in [1.165, 1.54) is 28.1 Å². The van der Waals surface area contributed by atoms with Gasteiger partial charge < -0.3 is 30.3 Å². The Morgan fingerprint density at radius 2 is 2.41 bits per heavy atom. The summed E-state index contributed by atoms with van der Waals surface area (Å²) in [6.45, 7) is 5.27. The van der Waals surface area contributed by atoms with E-state index in [2.05, 4.69) is 32.3 Å². The van der Waals surface area contributed by atoms with Crippen molar-refractivity contribution in [2.45, 2.75) is 37.6 Å². The third-order valence-corrected chi connectivity index (χ3v) is 7.59. The second-order valence-electron chi connectivity index (χ2n) is 7.34. The van der Waals surface area contributed by atoms with Gasteiger partial charge in [0.15, 0.2) is 0 Å². The lowest BCUT2D eigenvalue weighted by molar-refractivity contribution is -0.198. The quantitative estimate of drug-likeness (QED) is 0.230. The number of aromatic nitrogens is 1. The van der Waals surface area contributed by atoms with E-state index >= 15 is 0 Å². The van der Waals surface area contributed by atoms with Gasteiger partial charge in [-0.25, -0.2) is 10.8 Å². The molecular formula is C20H27BrN6O3S2. The average molecular weight is 544 g/mol. The Balaban J connectivity index is 1.77. The fourth-order valence-electron chi connectivity index (χ4n) is 2.97. The second-order valence-corrected chi connectivity index (χ2v) is 10.4. The van der Waals surface area contributed by atoms with Crippen molar-refractivity contribution in [3.05, 3.63) is 43.4 Å². The Hall–Kier alpha value is -1.59. The summed E-state index contributed by atoms with van der Waals surface area (Å²) in [5.41, 5.74) is 7.60. The van der Waals surface area contributed by atoms with E-state index in [4.69, 9.17) is 25.8 Å². The van der Waals surface area contributed by atoms with Crippen molar-refractivity contribution in [3.63, 3.8) is 0 Å². The first-order valence-electron chi connectivity index (χ1n) is 9.92. The summed E-state index contributed by atoms with van der Waals surface area (Å²) in [4.78, 5) is 5.15. The topological polar surface area (TPSA) is 132 Å². The van der Waals surface area contributed by atoms with E-state index in [1.54, 1.807) is 13.3 Å². The predicted octanol–water partition coefficient (Wildman–Crippen LogP) is 2.38. The van der Waals surface area contributed by atoms with Crippen LogP contribution in [-0.4, -0.2) is 60.5 Å². The highest BCUT2D eigenvalue weighted by atomic mass is 79.9. The molecule has 2 aliphatic rings. The molecule has 1 aromatic rings. The van der Waals surface area contributed by atoms with Crippen LogP contribution in [0.15, 0.2) is 32.7 Å². The van der Waals surface area contributed by atoms with Crippen LogP contribution in [0.2, 0.25) is 0 Å². The molecule has 32 heavy (non-hydrogen) atoms. The molecular weight excluding hydrogens is 516 g/mol. The number of hydrogen-bond donors (Lipinski definition) is 3. The lowest BCUT2D eigenvalue weighted by atomic mass is 10.1. The molecule has 1 fully saturated rings. The van der Waals surface area contributed by atoms with Gasteiger partial charge in [-0.15, -0.1) is 11.3 Å². The number of methoxy groups -OCH3 is 1. The molecule has 0 aliphatic carbocycles. The van der Waals surface area contributed by atoms with E-state index in [9.17, 15) is 5.26 Å². The van der Waals surface area contributed by atoms with Gasteiger partial charge in [-0.1, -0.05) is 27.7 Å². The highest BCUT2D eigenvalue weighted by molar-refractivity contribution is 9.11. The van der Waals surface area contributed by atoms with Gasteiger partial charge >= 0.3 is 0 Å². The molecule has 4 atom stereocenters. The molecule has 2 aliphatic heterocycles. The third-order valence-electron chi connectivity index (χ3n) is 4.85. The summed E-state index contributed by atoms with van der Waals surface area (Å²) in [6, 6.07) is 2.21. The van der Waals surface area contributed by atoms with Gasteiger partial charge in [0.2, 0.25) is 0 Å². The minimum atomic E-state index is -0.436. The van der Waals surface area contributed by atoms with Gasteiger partial charge in [0.25, 0.3) is 0 Å². The largest absolute Gasteiger partial charge is 0.395 e. The molecule has 3 unspecified atom stereocenters. The Morgan fingerprint density at radius 1 is 1.62 bits per heavy atom. The van der Waals surface area contributed by atoms with Crippen molar-refractivity contribution < 1.29 is 14.2 Å². The van der Waals surface area contributed by atoms with Crippen molar-refractivity contribution >= 4 is 44.7 Å². The Morgan fingerprint density at radius 3 is 2.97 bits per heavy atom. The van der Waals surface area contributed by atoms with Crippen molar-refractivity contribution in [1.82, 2.24) is 15.3 Å². The minimum absolute atomic E-state index is 0.00977. The fraction of sp³-hybridized carbons (Fsp3) is 0.500. The first-order valence-corrected chi connectivity index (χ1v) is 12.5. The summed E-state index contributed by atoms with van der Waals surface area (Å²) in [7, 11) is 1.61. The van der Waals surface area contributed by atoms with Crippen LogP contribution < -0.4 is 16.9 Å². The monoisotopic (exact) mass is 542 g/mol. The van der Waals surface area contributed by atoms with E-state index in [0.29, 0.717) is 36.1 Å². The summed E-state index contributed by atoms with van der Waals surface area (Å²) < 4.78 is 18.5. The van der Waals surface area contributed by atoms with Crippen LogP contribution in [0.5, 0.6) is 0 Å². The van der Waals surface area contributed by atoms with Crippen LogP contribution in [-0.2, 0) is 14.2 Å². The highest BCUT2D eigenvalue weighted by Crippen LogP contribution is 2.35. The van der Waals surface area contributed by atoms with E-state index in [-0.39, 0.29) is 12.2 Å². The average Bonchev–Trinajstić information content (AvgIpc) is 3.20. The molecule has 3 heterocycles. The number of nitrogens with zero attached hydrogens (tertiary/aromatic N) is 3. The molecule has 0 aromatic carbocycles. The number of dihydropyridines is 1. The Bertz CT molecular complexity index is 944. The number of halogens is 1. The standard InChI is InChI=1S/C20H27BrN6O3S2/c1-11-10-31-19(26-11)14(23)7-27(24)8-16(28-3)20(30-17-9-29-12(17)2)32-18-4-13(21)6-25-15(18)5-22/h4,7,10,12,16-17,20,25H,6,8-9,23-24H2,1-3H3/b14-7-/t12?,16-,17?,20?/m0/s1. The number of rotatable bonds is 10. The maximum absolute atomic E-state index is 9.52. The maximum Gasteiger partial charge on any atom is 0.140 e. The highest BCUT2D eigenvalue weighted by Gasteiger charge is 2.36. The Kier molecular flexibility index (Phi) is 9.01. The summed E-state index contributed by atoms with van der Waals surface area (Å²) in [5, 5.41) is 16.7. The van der Waals surface area contributed by atoms with Crippen LogP contribution in [0.4, 0.5) is 0 Å². The summed E-state index contributed by atoms with van der Waals surface area (Å²) >= 11 is 6.38. The zero-order valence-corrected chi connectivity index (χ0v) is 21.3. The minimum Gasteiger partial charge on any atom is -0.395 e. The smallest absolute Gasteiger partial charge is 0.140 e. The lowest BCUT2D eigenvalue weighted by Gasteiger charge is -2.39. The number of thiazole rings is 1. The molecule has 9 nitrogen and oxygen atoms in total. The van der Waals surface area contributed by atoms with E-state index in [0.717, 1.165) is 15.1 Å². The van der Waals surface area contributed by atoms with Gasteiger partial charge in [0.05, 0.1) is 25.0 Å². The van der Waals surface area contributed by atoms with Gasteiger partial charge in [0, 0.05) is 40.3 Å². The normalized spacial score (nSPS) is 23.0. The number of hydrazine groups is 1.